The molecule has 0 aliphatic rings. The number of rotatable bonds is 2. The van der Waals surface area contributed by atoms with Crippen LogP contribution in [0.25, 0.3) is 11.4 Å². The number of carboxylic acid groups (broad SMARTS) is 1. The summed E-state index contributed by atoms with van der Waals surface area (Å²) in [6, 6.07) is 7.72. The molecule has 2 aromatic rings. The Morgan fingerprint density at radius 1 is 1.32 bits per heavy atom. The molecule has 0 saturated heterocycles. The van der Waals surface area contributed by atoms with Gasteiger partial charge in [-0.2, -0.15) is 18.2 Å². The molecule has 0 amide bonds. The molecule has 120 valence electrons. The Labute approximate surface area is 123 Å². The molecule has 22 heavy (non-hydrogen) atoms. The molecule has 0 unspecified atom stereocenters. The molecular weight excluding hydrogens is 303 g/mol. The molecule has 1 atom stereocenters. The second-order valence-electron chi connectivity index (χ2n) is 4.41. The van der Waals surface area contributed by atoms with Crippen LogP contribution < -0.4 is 5.73 Å². The highest BCUT2D eigenvalue weighted by Crippen LogP contribution is 2.18. The highest BCUT2D eigenvalue weighted by atomic mass is 19.4. The molecule has 0 radical (unpaired) electrons. The van der Waals surface area contributed by atoms with Crippen LogP contribution in [0.1, 0.15) is 24.4 Å². The zero-order valence-electron chi connectivity index (χ0n) is 11.8. The van der Waals surface area contributed by atoms with E-state index in [-0.39, 0.29) is 6.04 Å². The van der Waals surface area contributed by atoms with Crippen LogP contribution in [0.2, 0.25) is 0 Å². The number of aliphatic carboxylic acids is 1. The molecule has 0 bridgehead atoms. The van der Waals surface area contributed by atoms with Crippen LogP contribution in [0, 0.1) is 6.92 Å². The number of carbonyl (C=O) groups is 1. The monoisotopic (exact) mass is 317 g/mol. The van der Waals surface area contributed by atoms with Crippen molar-refractivity contribution in [3.05, 3.63) is 35.7 Å². The van der Waals surface area contributed by atoms with E-state index >= 15 is 0 Å². The molecule has 1 aromatic heterocycles. The van der Waals surface area contributed by atoms with E-state index in [9.17, 15) is 13.2 Å². The maximum Gasteiger partial charge on any atom is 0.490 e. The predicted octanol–water partition coefficient (Wildman–Crippen LogP) is 2.70. The maximum absolute atomic E-state index is 10.6. The highest BCUT2D eigenvalue weighted by molar-refractivity contribution is 5.73. The van der Waals surface area contributed by atoms with E-state index in [4.69, 9.17) is 20.2 Å². The number of alkyl halides is 3. The summed E-state index contributed by atoms with van der Waals surface area (Å²) < 4.78 is 36.8. The first-order valence-electron chi connectivity index (χ1n) is 6.07. The van der Waals surface area contributed by atoms with Gasteiger partial charge in [0.15, 0.2) is 0 Å². The number of nitrogens with zero attached hydrogens (tertiary/aromatic N) is 2. The minimum Gasteiger partial charge on any atom is -0.475 e. The molecule has 2 rings (SSSR count). The first-order chi connectivity index (χ1) is 10.1. The molecule has 0 aliphatic heterocycles. The summed E-state index contributed by atoms with van der Waals surface area (Å²) in [6.07, 6.45) is -5.08. The Morgan fingerprint density at radius 3 is 2.18 bits per heavy atom. The SMILES string of the molecule is Cc1ccc(-c2noc([C@H](C)N)n2)cc1.O=C(O)C(F)(F)F. The number of aryl methyl sites for hydroxylation is 1. The van der Waals surface area contributed by atoms with Gasteiger partial charge in [-0.05, 0) is 13.8 Å². The van der Waals surface area contributed by atoms with Gasteiger partial charge in [0.1, 0.15) is 0 Å². The largest absolute Gasteiger partial charge is 0.490 e. The van der Waals surface area contributed by atoms with Crippen molar-refractivity contribution in [3.63, 3.8) is 0 Å². The lowest BCUT2D eigenvalue weighted by atomic mass is 10.1. The standard InChI is InChI=1S/C11H13N3O.C2HF3O2/c1-7-3-5-9(6-4-7)10-13-11(8(2)12)15-14-10;3-2(4,5)1(6)7/h3-6,8H,12H2,1-2H3;(H,6,7)/t8-;/m0./s1. The first-order valence-corrected chi connectivity index (χ1v) is 6.07. The fourth-order valence-corrected chi connectivity index (χ4v) is 1.24. The summed E-state index contributed by atoms with van der Waals surface area (Å²) in [6.45, 7) is 3.85. The zero-order valence-corrected chi connectivity index (χ0v) is 11.8. The molecule has 0 fully saturated rings. The first kappa shape index (κ1) is 17.6. The van der Waals surface area contributed by atoms with Gasteiger partial charge in [0, 0.05) is 5.56 Å². The van der Waals surface area contributed by atoms with Crippen LogP contribution in [0.15, 0.2) is 28.8 Å². The number of carboxylic acids is 1. The van der Waals surface area contributed by atoms with Gasteiger partial charge in [-0.15, -0.1) is 0 Å². The Balaban J connectivity index is 0.000000295. The lowest BCUT2D eigenvalue weighted by molar-refractivity contribution is -0.192. The van der Waals surface area contributed by atoms with Crippen molar-refractivity contribution in [3.8, 4) is 11.4 Å². The molecule has 0 saturated carbocycles. The zero-order chi connectivity index (χ0) is 16.9. The number of benzene rings is 1. The summed E-state index contributed by atoms with van der Waals surface area (Å²) in [5, 5.41) is 11.0. The molecule has 0 aliphatic carbocycles. The van der Waals surface area contributed by atoms with Crippen molar-refractivity contribution in [1.29, 1.82) is 0 Å². The van der Waals surface area contributed by atoms with Crippen molar-refractivity contribution < 1.29 is 27.6 Å². The van der Waals surface area contributed by atoms with Gasteiger partial charge >= 0.3 is 12.1 Å². The number of aromatic nitrogens is 2. The van der Waals surface area contributed by atoms with Crippen LogP contribution in [-0.4, -0.2) is 27.4 Å². The second-order valence-corrected chi connectivity index (χ2v) is 4.41. The van der Waals surface area contributed by atoms with Gasteiger partial charge in [-0.25, -0.2) is 4.79 Å². The summed E-state index contributed by atoms with van der Waals surface area (Å²) >= 11 is 0. The predicted molar refractivity (Wildman–Crippen MR) is 70.8 cm³/mol. The summed E-state index contributed by atoms with van der Waals surface area (Å²) in [7, 11) is 0. The number of hydrogen-bond donors (Lipinski definition) is 2. The summed E-state index contributed by atoms with van der Waals surface area (Å²) in [5.41, 5.74) is 7.78. The maximum atomic E-state index is 10.6. The molecule has 1 heterocycles. The van der Waals surface area contributed by atoms with Gasteiger partial charge in [-0.1, -0.05) is 35.0 Å². The van der Waals surface area contributed by atoms with Crippen molar-refractivity contribution in [1.82, 2.24) is 10.1 Å². The summed E-state index contributed by atoms with van der Waals surface area (Å²) in [5.74, 6) is -1.71. The van der Waals surface area contributed by atoms with Crippen LogP contribution in [0.5, 0.6) is 0 Å². The number of halogens is 3. The van der Waals surface area contributed by atoms with E-state index in [0.717, 1.165) is 5.56 Å². The number of nitrogens with two attached hydrogens (primary N) is 1. The third-order valence-corrected chi connectivity index (χ3v) is 2.38. The van der Waals surface area contributed by atoms with E-state index in [0.29, 0.717) is 11.7 Å². The quantitative estimate of drug-likeness (QED) is 0.883. The van der Waals surface area contributed by atoms with E-state index in [1.807, 2.05) is 38.1 Å². The van der Waals surface area contributed by atoms with Crippen molar-refractivity contribution in [2.75, 3.05) is 0 Å². The molecule has 1 aromatic carbocycles. The number of hydrogen-bond acceptors (Lipinski definition) is 5. The van der Waals surface area contributed by atoms with Gasteiger partial charge in [0.2, 0.25) is 11.7 Å². The third kappa shape index (κ3) is 5.17. The smallest absolute Gasteiger partial charge is 0.475 e. The van der Waals surface area contributed by atoms with Crippen molar-refractivity contribution in [2.24, 2.45) is 5.73 Å². The fourth-order valence-electron chi connectivity index (χ4n) is 1.24. The molecule has 0 spiro atoms. The summed E-state index contributed by atoms with van der Waals surface area (Å²) in [4.78, 5) is 13.1. The Morgan fingerprint density at radius 2 is 1.82 bits per heavy atom. The highest BCUT2D eigenvalue weighted by Gasteiger charge is 2.38. The average molecular weight is 317 g/mol. The van der Waals surface area contributed by atoms with E-state index < -0.39 is 12.1 Å². The third-order valence-electron chi connectivity index (χ3n) is 2.38. The average Bonchev–Trinajstić information content (AvgIpc) is 2.89. The van der Waals surface area contributed by atoms with E-state index in [1.54, 1.807) is 0 Å². The van der Waals surface area contributed by atoms with Crippen molar-refractivity contribution in [2.45, 2.75) is 26.1 Å². The normalized spacial score (nSPS) is 12.3. The Bertz CT molecular complexity index is 621. The minimum absolute atomic E-state index is 0.225. The Hall–Kier alpha value is -2.42. The minimum atomic E-state index is -5.08. The lowest BCUT2D eigenvalue weighted by Gasteiger charge is -1.95. The molecular formula is C13H14F3N3O3. The van der Waals surface area contributed by atoms with Gasteiger partial charge in [-0.3, -0.25) is 0 Å². The van der Waals surface area contributed by atoms with Crippen LogP contribution in [0.4, 0.5) is 13.2 Å². The van der Waals surface area contributed by atoms with Crippen LogP contribution in [-0.2, 0) is 4.79 Å². The lowest BCUT2D eigenvalue weighted by Crippen LogP contribution is -2.21. The van der Waals surface area contributed by atoms with Crippen LogP contribution >= 0.6 is 0 Å². The van der Waals surface area contributed by atoms with E-state index in [2.05, 4.69) is 10.1 Å². The van der Waals surface area contributed by atoms with Gasteiger partial charge < -0.3 is 15.4 Å². The Kier molecular flexibility index (Phi) is 5.63. The van der Waals surface area contributed by atoms with Gasteiger partial charge in [0.05, 0.1) is 6.04 Å². The van der Waals surface area contributed by atoms with Crippen LogP contribution in [0.3, 0.4) is 0 Å². The topological polar surface area (TPSA) is 102 Å². The van der Waals surface area contributed by atoms with Gasteiger partial charge in [0.25, 0.3) is 0 Å². The molecule has 3 N–H and O–H groups in total. The second kappa shape index (κ2) is 7.03. The fraction of sp³-hybridized carbons (Fsp3) is 0.308. The molecule has 6 nitrogen and oxygen atoms in total. The van der Waals surface area contributed by atoms with E-state index in [1.165, 1.54) is 5.56 Å². The van der Waals surface area contributed by atoms with Crippen molar-refractivity contribution >= 4 is 5.97 Å². The molecule has 9 heteroatoms.